The third kappa shape index (κ3) is 3.92. The van der Waals surface area contributed by atoms with Gasteiger partial charge in [-0.15, -0.1) is 0 Å². The fourth-order valence-corrected chi connectivity index (χ4v) is 12.2. The number of hydrogen-bond donors (Lipinski definition) is 1. The van der Waals surface area contributed by atoms with E-state index in [1.54, 1.807) is 0 Å². The molecule has 6 nitrogen and oxygen atoms in total. The lowest BCUT2D eigenvalue weighted by molar-refractivity contribution is -0.164. The molecule has 1 N–H and O–H groups in total. The first-order valence-corrected chi connectivity index (χ1v) is 18.0. The standard InChI is InChI=1S/C41H47NO5/c1-37-17-14-30(43)23-39(37)20-21-41(32(24-39)35(44)29-12-10-28(11-13-29)27-7-4-3-5-8-27)33(37)15-18-38(2)34(41)16-19-40(38)26-42(36(45)47-40)25-31-9-6-22-46-31/h3-5,7-8,10-13,20-21,24,30-31,33-34,43H,6,9,14-19,22-23,25-26H2,1-2H3/t30-,31+,33+,34+,37+,38-,39-,40+,41-/m0/s1. The van der Waals surface area contributed by atoms with Crippen molar-refractivity contribution in [2.45, 2.75) is 89.4 Å². The van der Waals surface area contributed by atoms with Crippen LogP contribution in [0.1, 0.15) is 82.0 Å². The molecular weight excluding hydrogens is 586 g/mol. The summed E-state index contributed by atoms with van der Waals surface area (Å²) in [5.41, 5.74) is 2.19. The number of benzene rings is 2. The van der Waals surface area contributed by atoms with E-state index in [0.717, 1.165) is 80.2 Å². The highest BCUT2D eigenvalue weighted by Gasteiger charge is 2.76. The number of aliphatic hydroxyl groups is 1. The zero-order valence-electron chi connectivity index (χ0n) is 27.8. The van der Waals surface area contributed by atoms with Crippen molar-refractivity contribution >= 4 is 11.9 Å². The number of nitrogens with zero attached hydrogens (tertiary/aromatic N) is 1. The lowest BCUT2D eigenvalue weighted by Crippen LogP contribution is -2.67. The molecule has 2 bridgehead atoms. The summed E-state index contributed by atoms with van der Waals surface area (Å²) in [4.78, 5) is 30.4. The third-order valence-corrected chi connectivity index (χ3v) is 14.6. The van der Waals surface area contributed by atoms with Gasteiger partial charge in [0.2, 0.25) is 0 Å². The number of rotatable bonds is 5. The molecule has 10 rings (SSSR count). The first kappa shape index (κ1) is 29.9. The molecule has 0 radical (unpaired) electrons. The van der Waals surface area contributed by atoms with Crippen LogP contribution in [0.3, 0.4) is 0 Å². The summed E-state index contributed by atoms with van der Waals surface area (Å²) in [5, 5.41) is 11.0. The van der Waals surface area contributed by atoms with E-state index in [0.29, 0.717) is 19.5 Å². The summed E-state index contributed by atoms with van der Waals surface area (Å²) >= 11 is 0. The van der Waals surface area contributed by atoms with Gasteiger partial charge >= 0.3 is 6.09 Å². The highest BCUT2D eigenvalue weighted by molar-refractivity contribution is 6.10. The molecular formula is C41H47NO5. The van der Waals surface area contributed by atoms with Crippen LogP contribution in [0.4, 0.5) is 4.79 Å². The smallest absolute Gasteiger partial charge is 0.410 e. The maximum atomic E-state index is 15.0. The molecule has 1 amide bonds. The molecule has 246 valence electrons. The Kier molecular flexibility index (Phi) is 6.45. The van der Waals surface area contributed by atoms with Crippen LogP contribution in [-0.4, -0.2) is 59.4 Å². The van der Waals surface area contributed by atoms with Crippen molar-refractivity contribution in [2.75, 3.05) is 19.7 Å². The molecule has 9 atom stereocenters. The fourth-order valence-electron chi connectivity index (χ4n) is 12.2. The Morgan fingerprint density at radius 1 is 0.894 bits per heavy atom. The summed E-state index contributed by atoms with van der Waals surface area (Å²) in [6, 6.07) is 18.4. The maximum Gasteiger partial charge on any atom is 0.410 e. The van der Waals surface area contributed by atoms with E-state index in [1.807, 2.05) is 35.2 Å². The van der Waals surface area contributed by atoms with E-state index in [-0.39, 0.29) is 52.2 Å². The second-order valence-corrected chi connectivity index (χ2v) is 16.4. The first-order valence-electron chi connectivity index (χ1n) is 18.0. The van der Waals surface area contributed by atoms with Crippen molar-refractivity contribution in [1.29, 1.82) is 0 Å². The fraction of sp³-hybridized carbons (Fsp3) is 0.561. The minimum Gasteiger partial charge on any atom is -0.440 e. The van der Waals surface area contributed by atoms with Crippen LogP contribution in [0, 0.1) is 33.5 Å². The van der Waals surface area contributed by atoms with Crippen LogP contribution in [0.25, 0.3) is 11.1 Å². The zero-order chi connectivity index (χ0) is 32.2. The molecule has 2 aromatic rings. The van der Waals surface area contributed by atoms with Gasteiger partial charge < -0.3 is 19.5 Å². The molecule has 0 unspecified atom stereocenters. The Morgan fingerprint density at radius 3 is 2.38 bits per heavy atom. The van der Waals surface area contributed by atoms with Crippen molar-refractivity contribution in [2.24, 2.45) is 33.5 Å². The number of hydrogen-bond acceptors (Lipinski definition) is 5. The number of amides is 1. The first-order chi connectivity index (χ1) is 22.6. The molecule has 3 saturated carbocycles. The SMILES string of the molecule is C[C@]12CC[C@H]3[C@@]4(C=C[C@@]5(C=C4C(=O)c4ccc(-c6ccccc6)cc4)C[C@@H](O)CC[C@]35C)[C@@H]1CC[C@@]21CN(C[C@H]2CCCO2)C(=O)O1. The Labute approximate surface area is 278 Å². The quantitative estimate of drug-likeness (QED) is 0.269. The predicted molar refractivity (Wildman–Crippen MR) is 180 cm³/mol. The summed E-state index contributed by atoms with van der Waals surface area (Å²) in [6.45, 7) is 6.78. The number of fused-ring (bicyclic) bond motifs is 2. The van der Waals surface area contributed by atoms with E-state index in [4.69, 9.17) is 9.47 Å². The van der Waals surface area contributed by atoms with E-state index < -0.39 is 11.0 Å². The molecule has 2 heterocycles. The van der Waals surface area contributed by atoms with Crippen LogP contribution in [0.15, 0.2) is 78.4 Å². The Morgan fingerprint density at radius 2 is 1.62 bits per heavy atom. The molecule has 47 heavy (non-hydrogen) atoms. The third-order valence-electron chi connectivity index (χ3n) is 14.6. The molecule has 6 aliphatic carbocycles. The second kappa shape index (κ2) is 10.1. The lowest BCUT2D eigenvalue weighted by Gasteiger charge is -2.71. The predicted octanol–water partition coefficient (Wildman–Crippen LogP) is 7.77. The molecule has 5 fully saturated rings. The van der Waals surface area contributed by atoms with E-state index in [1.165, 1.54) is 0 Å². The van der Waals surface area contributed by atoms with Crippen molar-refractivity contribution < 1.29 is 24.2 Å². The van der Waals surface area contributed by atoms with Gasteiger partial charge in [-0.1, -0.05) is 86.7 Å². The molecule has 3 spiro atoms. The number of carbonyl (C=O) groups is 2. The largest absolute Gasteiger partial charge is 0.440 e. The van der Waals surface area contributed by atoms with Gasteiger partial charge in [-0.05, 0) is 86.2 Å². The molecule has 8 aliphatic rings. The van der Waals surface area contributed by atoms with Crippen LogP contribution in [-0.2, 0) is 9.47 Å². The van der Waals surface area contributed by atoms with Crippen LogP contribution >= 0.6 is 0 Å². The maximum absolute atomic E-state index is 15.0. The monoisotopic (exact) mass is 633 g/mol. The van der Waals surface area contributed by atoms with Crippen LogP contribution < -0.4 is 0 Å². The van der Waals surface area contributed by atoms with Gasteiger partial charge in [-0.2, -0.15) is 0 Å². The summed E-state index contributed by atoms with van der Waals surface area (Å²) in [5.74, 6) is 0.559. The topological polar surface area (TPSA) is 76.1 Å². The summed E-state index contributed by atoms with van der Waals surface area (Å²) in [7, 11) is 0. The van der Waals surface area contributed by atoms with Gasteiger partial charge in [0.25, 0.3) is 0 Å². The van der Waals surface area contributed by atoms with Gasteiger partial charge in [0.1, 0.15) is 5.60 Å². The van der Waals surface area contributed by atoms with Gasteiger partial charge in [-0.3, -0.25) is 4.79 Å². The van der Waals surface area contributed by atoms with Crippen molar-refractivity contribution in [3.8, 4) is 11.1 Å². The van der Waals surface area contributed by atoms with E-state index in [9.17, 15) is 14.7 Å². The zero-order valence-corrected chi connectivity index (χ0v) is 27.8. The number of Topliss-reactive ketones (excluding diaryl/α,β-unsaturated/α-hetero) is 1. The minimum atomic E-state index is -0.567. The van der Waals surface area contributed by atoms with Gasteiger partial charge in [-0.25, -0.2) is 4.79 Å². The van der Waals surface area contributed by atoms with Crippen molar-refractivity contribution in [1.82, 2.24) is 4.90 Å². The highest BCUT2D eigenvalue weighted by atomic mass is 16.6. The average Bonchev–Trinajstić information content (AvgIpc) is 3.79. The molecule has 2 aromatic carbocycles. The number of allylic oxidation sites excluding steroid dienone is 4. The highest BCUT2D eigenvalue weighted by Crippen LogP contribution is 2.79. The summed E-state index contributed by atoms with van der Waals surface area (Å²) < 4.78 is 12.5. The number of aliphatic hydroxyl groups excluding tert-OH is 1. The second-order valence-electron chi connectivity index (χ2n) is 16.4. The van der Waals surface area contributed by atoms with E-state index >= 15 is 0 Å². The molecule has 0 aromatic heterocycles. The molecule has 2 saturated heterocycles. The number of ketones is 1. The van der Waals surface area contributed by atoms with Gasteiger partial charge in [0.15, 0.2) is 5.78 Å². The van der Waals surface area contributed by atoms with E-state index in [2.05, 4.69) is 56.3 Å². The van der Waals surface area contributed by atoms with Crippen molar-refractivity contribution in [3.63, 3.8) is 0 Å². The van der Waals surface area contributed by atoms with Crippen LogP contribution in [0.2, 0.25) is 0 Å². The average molecular weight is 634 g/mol. The molecule has 6 heteroatoms. The Bertz CT molecular complexity index is 1680. The Hall–Kier alpha value is -3.22. The van der Waals surface area contributed by atoms with Crippen LogP contribution in [0.5, 0.6) is 0 Å². The van der Waals surface area contributed by atoms with Gasteiger partial charge in [0, 0.05) is 34.0 Å². The van der Waals surface area contributed by atoms with Crippen molar-refractivity contribution in [3.05, 3.63) is 84.0 Å². The Balaban J connectivity index is 1.12. The summed E-state index contributed by atoms with van der Waals surface area (Å²) in [6.07, 6.45) is 14.8. The molecule has 2 aliphatic heterocycles. The number of ether oxygens (including phenoxy) is 2. The normalized spacial score (nSPS) is 43.0. The lowest BCUT2D eigenvalue weighted by atomic mass is 9.32. The number of carbonyl (C=O) groups excluding carboxylic acids is 2. The van der Waals surface area contributed by atoms with Gasteiger partial charge in [0.05, 0.1) is 25.3 Å². The minimum absolute atomic E-state index is 0.0444.